The number of fused-ring (bicyclic) bond motifs is 1. The summed E-state index contributed by atoms with van der Waals surface area (Å²) in [6.45, 7) is 5.42. The van der Waals surface area contributed by atoms with E-state index in [1.165, 1.54) is 12.1 Å². The van der Waals surface area contributed by atoms with Crippen molar-refractivity contribution in [2.75, 3.05) is 17.2 Å². The zero-order chi connectivity index (χ0) is 25.7. The average Bonchev–Trinajstić information content (AvgIpc) is 3.09. The molecule has 2 unspecified atom stereocenters. The zero-order valence-electron chi connectivity index (χ0n) is 20.3. The summed E-state index contributed by atoms with van der Waals surface area (Å²) in [4.78, 5) is 10.6. The van der Waals surface area contributed by atoms with Gasteiger partial charge in [0.05, 0.1) is 17.9 Å². The van der Waals surface area contributed by atoms with Crippen LogP contribution in [0.25, 0.3) is 0 Å². The topological polar surface area (TPSA) is 82.5 Å². The second kappa shape index (κ2) is 9.33. The van der Waals surface area contributed by atoms with Gasteiger partial charge in [-0.15, -0.1) is 0 Å². The van der Waals surface area contributed by atoms with Gasteiger partial charge < -0.3 is 20.5 Å². The van der Waals surface area contributed by atoms with Crippen molar-refractivity contribution in [2.45, 2.75) is 88.4 Å². The van der Waals surface area contributed by atoms with Crippen molar-refractivity contribution in [3.63, 3.8) is 0 Å². The van der Waals surface area contributed by atoms with E-state index in [2.05, 4.69) is 39.3 Å². The molecule has 3 aliphatic rings. The molecule has 3 fully saturated rings. The van der Waals surface area contributed by atoms with E-state index in [-0.39, 0.29) is 34.8 Å². The molecule has 1 aromatic heterocycles. The minimum absolute atomic E-state index is 0.0118. The van der Waals surface area contributed by atoms with Crippen LogP contribution >= 0.6 is 0 Å². The van der Waals surface area contributed by atoms with Gasteiger partial charge in [-0.2, -0.15) is 18.2 Å². The van der Waals surface area contributed by atoms with E-state index < -0.39 is 29.8 Å². The van der Waals surface area contributed by atoms with Gasteiger partial charge in [-0.05, 0) is 57.7 Å². The maximum Gasteiger partial charge on any atom is 0.420 e. The maximum absolute atomic E-state index is 14.5. The minimum atomic E-state index is -4.64. The highest BCUT2D eigenvalue weighted by Crippen LogP contribution is 2.41. The number of rotatable bonds is 6. The van der Waals surface area contributed by atoms with E-state index >= 15 is 0 Å². The van der Waals surface area contributed by atoms with Gasteiger partial charge in [0.1, 0.15) is 11.9 Å². The molecule has 2 aliphatic heterocycles. The van der Waals surface area contributed by atoms with E-state index in [1.54, 1.807) is 0 Å². The summed E-state index contributed by atoms with van der Waals surface area (Å²) >= 11 is 0. The summed E-state index contributed by atoms with van der Waals surface area (Å²) in [6, 6.07) is 4.07. The van der Waals surface area contributed by atoms with Crippen molar-refractivity contribution in [1.29, 1.82) is 0 Å². The first-order valence-corrected chi connectivity index (χ1v) is 12.4. The van der Waals surface area contributed by atoms with Crippen LogP contribution in [-0.4, -0.2) is 56.3 Å². The summed E-state index contributed by atoms with van der Waals surface area (Å²) in [5.74, 6) is -0.893. The Hall–Kier alpha value is -2.66. The van der Waals surface area contributed by atoms with Crippen LogP contribution in [0.4, 0.5) is 35.0 Å². The number of nitrogens with zero attached hydrogens (tertiary/aromatic N) is 3. The normalized spacial score (nSPS) is 27.8. The second-order valence-electron chi connectivity index (χ2n) is 10.7. The Morgan fingerprint density at radius 1 is 1.17 bits per heavy atom. The third kappa shape index (κ3) is 5.22. The lowest BCUT2D eigenvalue weighted by molar-refractivity contribution is -0.140. The van der Waals surface area contributed by atoms with E-state index in [0.29, 0.717) is 18.9 Å². The first kappa shape index (κ1) is 25.0. The molecule has 7 nitrogen and oxygen atoms in total. The van der Waals surface area contributed by atoms with Crippen molar-refractivity contribution >= 4 is 17.5 Å². The lowest BCUT2D eigenvalue weighted by Gasteiger charge is -2.42. The Bertz CT molecular complexity index is 1110. The maximum atomic E-state index is 14.5. The number of piperidine rings is 1. The fraction of sp³-hybridized carbons (Fsp3) is 0.600. The Labute approximate surface area is 207 Å². The minimum Gasteiger partial charge on any atom is -0.490 e. The highest BCUT2D eigenvalue weighted by Gasteiger charge is 2.42. The number of halogens is 4. The lowest BCUT2D eigenvalue weighted by atomic mass is 9.92. The predicted molar refractivity (Wildman–Crippen MR) is 127 cm³/mol. The van der Waals surface area contributed by atoms with Gasteiger partial charge in [0, 0.05) is 42.7 Å². The SMILES string of the molecule is CC1(C)CCC2CC(Nc3nc(Nc4ccc(OC5CC(O)C5)c(C(F)(F)F)c4)ncc3F)CCN21. The fourth-order valence-corrected chi connectivity index (χ4v) is 5.51. The number of aromatic nitrogens is 2. The molecular weight excluding hydrogens is 478 g/mol. The van der Waals surface area contributed by atoms with Crippen molar-refractivity contribution in [3.8, 4) is 5.75 Å². The Morgan fingerprint density at radius 3 is 2.67 bits per heavy atom. The third-order valence-electron chi connectivity index (χ3n) is 7.57. The molecule has 1 aromatic carbocycles. The number of hydrogen-bond donors (Lipinski definition) is 3. The van der Waals surface area contributed by atoms with Crippen LogP contribution in [0.3, 0.4) is 0 Å². The molecule has 196 valence electrons. The number of benzene rings is 1. The van der Waals surface area contributed by atoms with E-state index in [4.69, 9.17) is 4.74 Å². The van der Waals surface area contributed by atoms with Crippen LogP contribution in [0.1, 0.15) is 57.9 Å². The van der Waals surface area contributed by atoms with Gasteiger partial charge in [0.15, 0.2) is 11.6 Å². The summed E-state index contributed by atoms with van der Waals surface area (Å²) in [6.07, 6.45) is -0.0608. The number of nitrogens with one attached hydrogen (secondary N) is 2. The van der Waals surface area contributed by atoms with Crippen molar-refractivity contribution in [2.24, 2.45) is 0 Å². The van der Waals surface area contributed by atoms with Crippen LogP contribution in [0.5, 0.6) is 5.75 Å². The summed E-state index contributed by atoms with van der Waals surface area (Å²) in [7, 11) is 0. The molecule has 0 amide bonds. The smallest absolute Gasteiger partial charge is 0.420 e. The number of ether oxygens (including phenoxy) is 1. The molecule has 36 heavy (non-hydrogen) atoms. The molecule has 11 heteroatoms. The molecule has 2 aromatic rings. The summed E-state index contributed by atoms with van der Waals surface area (Å²) in [5, 5.41) is 15.3. The monoisotopic (exact) mass is 509 g/mol. The Kier molecular flexibility index (Phi) is 6.48. The van der Waals surface area contributed by atoms with Gasteiger partial charge in [-0.3, -0.25) is 4.90 Å². The molecular formula is C25H31F4N5O2. The van der Waals surface area contributed by atoms with E-state index in [9.17, 15) is 22.7 Å². The van der Waals surface area contributed by atoms with Gasteiger partial charge >= 0.3 is 6.18 Å². The average molecular weight is 510 g/mol. The zero-order valence-corrected chi connectivity index (χ0v) is 20.3. The van der Waals surface area contributed by atoms with Gasteiger partial charge in [0.2, 0.25) is 5.95 Å². The molecule has 5 rings (SSSR count). The van der Waals surface area contributed by atoms with Crippen LogP contribution in [0, 0.1) is 5.82 Å². The quantitative estimate of drug-likeness (QED) is 0.468. The molecule has 0 bridgehead atoms. The predicted octanol–water partition coefficient (Wildman–Crippen LogP) is 5.10. The van der Waals surface area contributed by atoms with Crippen LogP contribution in [0.2, 0.25) is 0 Å². The molecule has 2 atom stereocenters. The standard InChI is InChI=1S/C25H31F4N5O2/c1-24(2)7-5-16-9-15(6-8-34(16)24)31-22-20(26)13-30-23(33-22)32-14-3-4-21(19(10-14)25(27,28)29)36-18-11-17(35)12-18/h3-4,10,13,15-18,35H,5-9,11-12H2,1-2H3,(H2,30,31,32,33). The molecule has 0 radical (unpaired) electrons. The number of aliphatic hydroxyl groups is 1. The number of hydrogen-bond acceptors (Lipinski definition) is 7. The first-order valence-electron chi connectivity index (χ1n) is 12.4. The molecule has 3 heterocycles. The van der Waals surface area contributed by atoms with Gasteiger partial charge in [0.25, 0.3) is 0 Å². The van der Waals surface area contributed by atoms with Crippen LogP contribution in [-0.2, 0) is 6.18 Å². The lowest BCUT2D eigenvalue weighted by Crippen LogP contribution is -2.50. The van der Waals surface area contributed by atoms with Gasteiger partial charge in [-0.25, -0.2) is 9.37 Å². The Balaban J connectivity index is 1.28. The largest absolute Gasteiger partial charge is 0.490 e. The highest BCUT2D eigenvalue weighted by atomic mass is 19.4. The fourth-order valence-electron chi connectivity index (χ4n) is 5.51. The number of anilines is 3. The van der Waals surface area contributed by atoms with Crippen LogP contribution in [0.15, 0.2) is 24.4 Å². The molecule has 1 saturated carbocycles. The van der Waals surface area contributed by atoms with Crippen LogP contribution < -0.4 is 15.4 Å². The third-order valence-corrected chi connectivity index (χ3v) is 7.57. The van der Waals surface area contributed by atoms with Crippen molar-refractivity contribution in [3.05, 3.63) is 35.8 Å². The van der Waals surface area contributed by atoms with E-state index in [1.807, 2.05) is 0 Å². The molecule has 2 saturated heterocycles. The Morgan fingerprint density at radius 2 is 1.94 bits per heavy atom. The van der Waals surface area contributed by atoms with E-state index in [0.717, 1.165) is 44.5 Å². The molecule has 1 aliphatic carbocycles. The summed E-state index contributed by atoms with van der Waals surface area (Å²) in [5.41, 5.74) is -0.662. The van der Waals surface area contributed by atoms with Crippen molar-refractivity contribution in [1.82, 2.24) is 14.9 Å². The molecule has 0 spiro atoms. The highest BCUT2D eigenvalue weighted by molar-refractivity contribution is 5.59. The second-order valence-corrected chi connectivity index (χ2v) is 10.7. The number of aliphatic hydroxyl groups excluding tert-OH is 1. The van der Waals surface area contributed by atoms with Gasteiger partial charge in [-0.1, -0.05) is 0 Å². The first-order chi connectivity index (χ1) is 17.0. The number of alkyl halides is 3. The molecule has 3 N–H and O–H groups in total. The summed E-state index contributed by atoms with van der Waals surface area (Å²) < 4.78 is 61.0. The van der Waals surface area contributed by atoms with Crippen molar-refractivity contribution < 1.29 is 27.4 Å².